The highest BCUT2D eigenvalue weighted by Crippen LogP contribution is 2.28. The lowest BCUT2D eigenvalue weighted by Gasteiger charge is -2.28. The van der Waals surface area contributed by atoms with E-state index >= 15 is 0 Å². The van der Waals surface area contributed by atoms with E-state index in [1.54, 1.807) is 0 Å². The van der Waals surface area contributed by atoms with Crippen LogP contribution in [0.4, 0.5) is 0 Å². The monoisotopic (exact) mass is 261 g/mol. The number of carbonyl (C=O) groups is 1. The van der Waals surface area contributed by atoms with Gasteiger partial charge in [0.15, 0.2) is 0 Å². The summed E-state index contributed by atoms with van der Waals surface area (Å²) in [6, 6.07) is 0. The van der Waals surface area contributed by atoms with E-state index < -0.39 is 0 Å². The van der Waals surface area contributed by atoms with Crippen LogP contribution in [-0.2, 0) is 4.79 Å². The molecular weight excluding hydrogens is 242 g/mol. The summed E-state index contributed by atoms with van der Waals surface area (Å²) in [5.74, 6) is 1.68. The van der Waals surface area contributed by atoms with Gasteiger partial charge in [-0.3, -0.25) is 4.79 Å². The first kappa shape index (κ1) is 12.0. The fourth-order valence-electron chi connectivity index (χ4n) is 2.12. The SMILES string of the molecule is CC1CCCCC1CNC(=O)CCBr. The zero-order valence-electron chi connectivity index (χ0n) is 8.89. The molecule has 0 heterocycles. The molecule has 2 atom stereocenters. The molecule has 1 fully saturated rings. The van der Waals surface area contributed by atoms with Crippen LogP contribution in [0.2, 0.25) is 0 Å². The summed E-state index contributed by atoms with van der Waals surface area (Å²) in [5, 5.41) is 3.78. The molecule has 0 aromatic carbocycles. The van der Waals surface area contributed by atoms with Crippen LogP contribution in [0.25, 0.3) is 0 Å². The van der Waals surface area contributed by atoms with Gasteiger partial charge in [0.05, 0.1) is 0 Å². The first-order valence-electron chi connectivity index (χ1n) is 5.56. The number of nitrogens with one attached hydrogen (secondary N) is 1. The van der Waals surface area contributed by atoms with Crippen molar-refractivity contribution in [2.75, 3.05) is 11.9 Å². The Morgan fingerprint density at radius 3 is 2.79 bits per heavy atom. The Labute approximate surface area is 95.0 Å². The topological polar surface area (TPSA) is 29.1 Å². The predicted octanol–water partition coefficient (Wildman–Crippen LogP) is 2.71. The fraction of sp³-hybridized carbons (Fsp3) is 0.909. The third-order valence-corrected chi connectivity index (χ3v) is 3.57. The minimum Gasteiger partial charge on any atom is -0.356 e. The van der Waals surface area contributed by atoms with E-state index in [-0.39, 0.29) is 5.91 Å². The van der Waals surface area contributed by atoms with Gasteiger partial charge in [-0.15, -0.1) is 0 Å². The van der Waals surface area contributed by atoms with Gasteiger partial charge in [0.2, 0.25) is 5.91 Å². The highest BCUT2D eigenvalue weighted by Gasteiger charge is 2.21. The molecule has 0 saturated heterocycles. The molecule has 1 saturated carbocycles. The Kier molecular flexibility index (Phi) is 5.53. The van der Waals surface area contributed by atoms with Crippen LogP contribution < -0.4 is 5.32 Å². The molecule has 0 aliphatic heterocycles. The Morgan fingerprint density at radius 2 is 2.14 bits per heavy atom. The van der Waals surface area contributed by atoms with Crippen molar-refractivity contribution in [3.63, 3.8) is 0 Å². The Bertz CT molecular complexity index is 184. The maximum Gasteiger partial charge on any atom is 0.220 e. The summed E-state index contributed by atoms with van der Waals surface area (Å²) in [6.45, 7) is 3.19. The van der Waals surface area contributed by atoms with Crippen LogP contribution in [0.3, 0.4) is 0 Å². The molecular formula is C11H20BrNO. The largest absolute Gasteiger partial charge is 0.356 e. The van der Waals surface area contributed by atoms with Gasteiger partial charge in [0.25, 0.3) is 0 Å². The van der Waals surface area contributed by atoms with Gasteiger partial charge >= 0.3 is 0 Å². The molecule has 2 nitrogen and oxygen atoms in total. The molecule has 0 aromatic rings. The summed E-state index contributed by atoms with van der Waals surface area (Å²) in [7, 11) is 0. The first-order valence-corrected chi connectivity index (χ1v) is 6.69. The summed E-state index contributed by atoms with van der Waals surface area (Å²) in [4.78, 5) is 11.3. The number of rotatable bonds is 4. The second-order valence-electron chi connectivity index (χ2n) is 4.26. The van der Waals surface area contributed by atoms with Gasteiger partial charge in [-0.2, -0.15) is 0 Å². The molecule has 0 spiro atoms. The maximum atomic E-state index is 11.3. The average Bonchev–Trinajstić information content (AvgIpc) is 2.17. The summed E-state index contributed by atoms with van der Waals surface area (Å²) < 4.78 is 0. The van der Waals surface area contributed by atoms with E-state index in [0.29, 0.717) is 12.3 Å². The van der Waals surface area contributed by atoms with Gasteiger partial charge in [-0.1, -0.05) is 42.1 Å². The zero-order valence-corrected chi connectivity index (χ0v) is 10.5. The van der Waals surface area contributed by atoms with Crippen molar-refractivity contribution >= 4 is 21.8 Å². The predicted molar refractivity (Wildman–Crippen MR) is 62.5 cm³/mol. The molecule has 0 bridgehead atoms. The van der Waals surface area contributed by atoms with Crippen molar-refractivity contribution in [3.8, 4) is 0 Å². The quantitative estimate of drug-likeness (QED) is 0.775. The lowest BCUT2D eigenvalue weighted by Crippen LogP contribution is -2.33. The van der Waals surface area contributed by atoms with Gasteiger partial charge in [0, 0.05) is 18.3 Å². The molecule has 2 unspecified atom stereocenters. The van der Waals surface area contributed by atoms with Crippen molar-refractivity contribution in [2.45, 2.75) is 39.0 Å². The molecule has 1 aliphatic carbocycles. The lowest BCUT2D eigenvalue weighted by atomic mass is 9.80. The molecule has 14 heavy (non-hydrogen) atoms. The van der Waals surface area contributed by atoms with Crippen LogP contribution in [0, 0.1) is 11.8 Å². The standard InChI is InChI=1S/C11H20BrNO/c1-9-4-2-3-5-10(9)8-13-11(14)6-7-12/h9-10H,2-8H2,1H3,(H,13,14). The molecule has 1 amide bonds. The Hall–Kier alpha value is -0.0500. The van der Waals surface area contributed by atoms with Gasteiger partial charge in [-0.25, -0.2) is 0 Å². The summed E-state index contributed by atoms with van der Waals surface area (Å²) in [6.07, 6.45) is 5.92. The van der Waals surface area contributed by atoms with Crippen LogP contribution in [0.5, 0.6) is 0 Å². The number of halogens is 1. The first-order chi connectivity index (χ1) is 6.74. The van der Waals surface area contributed by atoms with E-state index in [9.17, 15) is 4.79 Å². The van der Waals surface area contributed by atoms with E-state index in [1.165, 1.54) is 25.7 Å². The van der Waals surface area contributed by atoms with Crippen LogP contribution in [0.15, 0.2) is 0 Å². The molecule has 1 N–H and O–H groups in total. The minimum atomic E-state index is 0.180. The van der Waals surface area contributed by atoms with Crippen molar-refractivity contribution < 1.29 is 4.79 Å². The smallest absolute Gasteiger partial charge is 0.220 e. The van der Waals surface area contributed by atoms with E-state index in [1.807, 2.05) is 0 Å². The van der Waals surface area contributed by atoms with Crippen molar-refractivity contribution in [2.24, 2.45) is 11.8 Å². The minimum absolute atomic E-state index is 0.180. The summed E-state index contributed by atoms with van der Waals surface area (Å²) in [5.41, 5.74) is 0. The zero-order chi connectivity index (χ0) is 10.4. The average molecular weight is 262 g/mol. The van der Waals surface area contributed by atoms with Gasteiger partial charge < -0.3 is 5.32 Å². The van der Waals surface area contributed by atoms with Crippen molar-refractivity contribution in [3.05, 3.63) is 0 Å². The molecule has 3 heteroatoms. The number of carbonyl (C=O) groups excluding carboxylic acids is 1. The number of amides is 1. The Morgan fingerprint density at radius 1 is 1.43 bits per heavy atom. The van der Waals surface area contributed by atoms with Gasteiger partial charge in [-0.05, 0) is 18.3 Å². The van der Waals surface area contributed by atoms with Gasteiger partial charge in [0.1, 0.15) is 0 Å². The highest BCUT2D eigenvalue weighted by molar-refractivity contribution is 9.09. The lowest BCUT2D eigenvalue weighted by molar-refractivity contribution is -0.120. The molecule has 0 radical (unpaired) electrons. The second-order valence-corrected chi connectivity index (χ2v) is 5.06. The second kappa shape index (κ2) is 6.44. The van der Waals surface area contributed by atoms with E-state index in [2.05, 4.69) is 28.2 Å². The van der Waals surface area contributed by atoms with E-state index in [0.717, 1.165) is 17.8 Å². The third kappa shape index (κ3) is 3.99. The molecule has 1 rings (SSSR count). The van der Waals surface area contributed by atoms with Crippen LogP contribution in [0.1, 0.15) is 39.0 Å². The third-order valence-electron chi connectivity index (χ3n) is 3.17. The van der Waals surface area contributed by atoms with Crippen molar-refractivity contribution in [1.82, 2.24) is 5.32 Å². The van der Waals surface area contributed by atoms with Crippen LogP contribution in [-0.4, -0.2) is 17.8 Å². The van der Waals surface area contributed by atoms with Crippen LogP contribution >= 0.6 is 15.9 Å². The summed E-state index contributed by atoms with van der Waals surface area (Å²) >= 11 is 3.27. The Balaban J connectivity index is 2.19. The van der Waals surface area contributed by atoms with E-state index in [4.69, 9.17) is 0 Å². The number of hydrogen-bond donors (Lipinski definition) is 1. The maximum absolute atomic E-state index is 11.3. The molecule has 0 aromatic heterocycles. The number of hydrogen-bond acceptors (Lipinski definition) is 1. The molecule has 82 valence electrons. The normalized spacial score (nSPS) is 27.3. The van der Waals surface area contributed by atoms with Crippen molar-refractivity contribution in [1.29, 1.82) is 0 Å². The highest BCUT2D eigenvalue weighted by atomic mass is 79.9. The molecule has 1 aliphatic rings. The number of alkyl halides is 1. The fourth-order valence-corrected chi connectivity index (χ4v) is 2.48.